The number of methoxy groups -OCH3 is 1. The molecule has 0 amide bonds. The zero-order chi connectivity index (χ0) is 13.8. The molecule has 1 heterocycles. The van der Waals surface area contributed by atoms with Gasteiger partial charge >= 0.3 is 5.97 Å². The van der Waals surface area contributed by atoms with Gasteiger partial charge in [-0.05, 0) is 19.1 Å². The van der Waals surface area contributed by atoms with Crippen molar-refractivity contribution in [2.24, 2.45) is 0 Å². The molecule has 1 aromatic rings. The Labute approximate surface area is 110 Å². The normalized spacial score (nSPS) is 15.1. The summed E-state index contributed by atoms with van der Waals surface area (Å²) in [6.45, 7) is 2.43. The SMILES string of the molecule is CCOC(=O)C(O)c1cc2c(cc1OC)COCO2. The highest BCUT2D eigenvalue weighted by Gasteiger charge is 2.25. The molecule has 1 N–H and O–H groups in total. The van der Waals surface area contributed by atoms with E-state index in [-0.39, 0.29) is 13.4 Å². The number of carbonyl (C=O) groups excluding carboxylic acids is 1. The number of esters is 1. The Bertz CT molecular complexity index is 470. The van der Waals surface area contributed by atoms with Gasteiger partial charge in [0.15, 0.2) is 12.9 Å². The molecule has 0 fully saturated rings. The van der Waals surface area contributed by atoms with E-state index in [0.717, 1.165) is 5.56 Å². The van der Waals surface area contributed by atoms with E-state index in [1.165, 1.54) is 7.11 Å². The molecule has 1 aliphatic heterocycles. The lowest BCUT2D eigenvalue weighted by Gasteiger charge is -2.21. The number of benzene rings is 1. The summed E-state index contributed by atoms with van der Waals surface area (Å²) in [5, 5.41) is 9.99. The molecular formula is C13H16O6. The van der Waals surface area contributed by atoms with Gasteiger partial charge < -0.3 is 24.1 Å². The molecule has 6 heteroatoms. The van der Waals surface area contributed by atoms with Crippen LogP contribution in [0.4, 0.5) is 0 Å². The topological polar surface area (TPSA) is 74.2 Å². The summed E-state index contributed by atoms with van der Waals surface area (Å²) in [5.74, 6) is 0.256. The summed E-state index contributed by atoms with van der Waals surface area (Å²) in [4.78, 5) is 11.6. The van der Waals surface area contributed by atoms with E-state index >= 15 is 0 Å². The number of rotatable bonds is 4. The van der Waals surface area contributed by atoms with Crippen molar-refractivity contribution >= 4 is 5.97 Å². The molecule has 1 atom stereocenters. The number of aliphatic hydroxyl groups excluding tert-OH is 1. The molecule has 6 nitrogen and oxygen atoms in total. The second-order valence-corrected chi connectivity index (χ2v) is 3.97. The van der Waals surface area contributed by atoms with E-state index in [0.29, 0.717) is 23.7 Å². The third-order valence-corrected chi connectivity index (χ3v) is 2.77. The van der Waals surface area contributed by atoms with E-state index in [1.807, 2.05) is 0 Å². The molecule has 0 saturated heterocycles. The van der Waals surface area contributed by atoms with E-state index in [2.05, 4.69) is 0 Å². The van der Waals surface area contributed by atoms with Gasteiger partial charge in [-0.2, -0.15) is 0 Å². The Balaban J connectivity index is 2.35. The van der Waals surface area contributed by atoms with Gasteiger partial charge in [-0.15, -0.1) is 0 Å². The van der Waals surface area contributed by atoms with Gasteiger partial charge in [-0.3, -0.25) is 0 Å². The van der Waals surface area contributed by atoms with E-state index in [4.69, 9.17) is 18.9 Å². The first-order chi connectivity index (χ1) is 9.17. The predicted octanol–water partition coefficient (Wildman–Crippen LogP) is 1.16. The fraction of sp³-hybridized carbons (Fsp3) is 0.462. The van der Waals surface area contributed by atoms with Crippen LogP contribution in [-0.2, 0) is 20.9 Å². The second kappa shape index (κ2) is 5.90. The van der Waals surface area contributed by atoms with Crippen molar-refractivity contribution in [3.05, 3.63) is 23.3 Å². The van der Waals surface area contributed by atoms with Crippen LogP contribution in [0, 0.1) is 0 Å². The Kier molecular flexibility index (Phi) is 4.24. The number of fused-ring (bicyclic) bond motifs is 1. The molecule has 1 unspecified atom stereocenters. The zero-order valence-corrected chi connectivity index (χ0v) is 10.8. The van der Waals surface area contributed by atoms with E-state index < -0.39 is 12.1 Å². The van der Waals surface area contributed by atoms with Crippen molar-refractivity contribution in [3.8, 4) is 11.5 Å². The van der Waals surface area contributed by atoms with Crippen molar-refractivity contribution < 1.29 is 28.8 Å². The van der Waals surface area contributed by atoms with Crippen molar-refractivity contribution in [2.45, 2.75) is 19.6 Å². The molecule has 0 spiro atoms. The Morgan fingerprint density at radius 1 is 1.53 bits per heavy atom. The van der Waals surface area contributed by atoms with Gasteiger partial charge in [-0.1, -0.05) is 0 Å². The lowest BCUT2D eigenvalue weighted by Crippen LogP contribution is -2.18. The van der Waals surface area contributed by atoms with Crippen molar-refractivity contribution in [1.29, 1.82) is 0 Å². The highest BCUT2D eigenvalue weighted by molar-refractivity contribution is 5.77. The minimum absolute atomic E-state index is 0.147. The van der Waals surface area contributed by atoms with E-state index in [9.17, 15) is 9.90 Å². The maximum Gasteiger partial charge on any atom is 0.339 e. The number of carbonyl (C=O) groups is 1. The van der Waals surface area contributed by atoms with Gasteiger partial charge in [0.1, 0.15) is 11.5 Å². The molecule has 104 valence electrons. The van der Waals surface area contributed by atoms with Crippen LogP contribution < -0.4 is 9.47 Å². The number of aliphatic hydroxyl groups is 1. The molecule has 0 saturated carbocycles. The minimum Gasteiger partial charge on any atom is -0.496 e. The molecule has 0 aliphatic carbocycles. The van der Waals surface area contributed by atoms with Gasteiger partial charge in [0.05, 0.1) is 20.3 Å². The molecule has 19 heavy (non-hydrogen) atoms. The first kappa shape index (κ1) is 13.6. The van der Waals surface area contributed by atoms with Crippen LogP contribution in [0.3, 0.4) is 0 Å². The van der Waals surface area contributed by atoms with Crippen LogP contribution in [0.25, 0.3) is 0 Å². The van der Waals surface area contributed by atoms with Crippen molar-refractivity contribution in [2.75, 3.05) is 20.5 Å². The average Bonchev–Trinajstić information content (AvgIpc) is 2.45. The van der Waals surface area contributed by atoms with Gasteiger partial charge in [-0.25, -0.2) is 4.79 Å². The summed E-state index contributed by atoms with van der Waals surface area (Å²) < 4.78 is 20.4. The molecule has 0 radical (unpaired) electrons. The number of hydrogen-bond acceptors (Lipinski definition) is 6. The third kappa shape index (κ3) is 2.80. The lowest BCUT2D eigenvalue weighted by atomic mass is 10.0. The standard InChI is InChI=1S/C13H16O6/c1-3-18-13(15)12(14)9-5-10-8(4-11(9)16-2)6-17-7-19-10/h4-5,12,14H,3,6-7H2,1-2H3. The van der Waals surface area contributed by atoms with Crippen LogP contribution in [0.1, 0.15) is 24.2 Å². The zero-order valence-electron chi connectivity index (χ0n) is 10.8. The highest BCUT2D eigenvalue weighted by atomic mass is 16.7. The van der Waals surface area contributed by atoms with Gasteiger partial charge in [0.25, 0.3) is 0 Å². The Morgan fingerprint density at radius 2 is 2.32 bits per heavy atom. The van der Waals surface area contributed by atoms with Gasteiger partial charge in [0.2, 0.25) is 0 Å². The fourth-order valence-corrected chi connectivity index (χ4v) is 1.86. The molecule has 2 rings (SSSR count). The van der Waals surface area contributed by atoms with Crippen molar-refractivity contribution in [1.82, 2.24) is 0 Å². The quantitative estimate of drug-likeness (QED) is 0.826. The summed E-state index contributed by atoms with van der Waals surface area (Å²) in [6, 6.07) is 3.27. The first-order valence-electron chi connectivity index (χ1n) is 5.93. The highest BCUT2D eigenvalue weighted by Crippen LogP contribution is 2.35. The molecule has 0 bridgehead atoms. The summed E-state index contributed by atoms with van der Waals surface area (Å²) in [6.07, 6.45) is -1.40. The monoisotopic (exact) mass is 268 g/mol. The van der Waals surface area contributed by atoms with Crippen molar-refractivity contribution in [3.63, 3.8) is 0 Å². The largest absolute Gasteiger partial charge is 0.496 e. The smallest absolute Gasteiger partial charge is 0.339 e. The molecule has 1 aliphatic rings. The summed E-state index contributed by atoms with van der Waals surface area (Å²) >= 11 is 0. The van der Waals surface area contributed by atoms with E-state index in [1.54, 1.807) is 19.1 Å². The first-order valence-corrected chi connectivity index (χ1v) is 5.93. The van der Waals surface area contributed by atoms with Crippen LogP contribution in [0.5, 0.6) is 11.5 Å². The number of hydrogen-bond donors (Lipinski definition) is 1. The lowest BCUT2D eigenvalue weighted by molar-refractivity contribution is -0.153. The molecule has 0 aromatic heterocycles. The Hall–Kier alpha value is -1.79. The maximum atomic E-state index is 11.6. The van der Waals surface area contributed by atoms with Gasteiger partial charge in [0, 0.05) is 11.1 Å². The minimum atomic E-state index is -1.40. The van der Waals surface area contributed by atoms with Crippen LogP contribution in [0.2, 0.25) is 0 Å². The average molecular weight is 268 g/mol. The van der Waals surface area contributed by atoms with Crippen LogP contribution in [0.15, 0.2) is 12.1 Å². The molecule has 1 aromatic carbocycles. The number of ether oxygens (including phenoxy) is 4. The maximum absolute atomic E-state index is 11.6. The second-order valence-electron chi connectivity index (χ2n) is 3.97. The summed E-state index contributed by atoms with van der Waals surface area (Å²) in [5.41, 5.74) is 1.13. The fourth-order valence-electron chi connectivity index (χ4n) is 1.86. The third-order valence-electron chi connectivity index (χ3n) is 2.77. The van der Waals surface area contributed by atoms with Crippen LogP contribution in [-0.4, -0.2) is 31.6 Å². The summed E-state index contributed by atoms with van der Waals surface area (Å²) in [7, 11) is 1.47. The predicted molar refractivity (Wildman–Crippen MR) is 64.9 cm³/mol. The van der Waals surface area contributed by atoms with Crippen LogP contribution >= 0.6 is 0 Å². The Morgan fingerprint density at radius 3 is 3.00 bits per heavy atom. The molecular weight excluding hydrogens is 252 g/mol.